The maximum Gasteiger partial charge on any atom is 1.00 e. The van der Waals surface area contributed by atoms with Gasteiger partial charge in [-0.15, -0.1) is 0 Å². The minimum Gasteiger partial charge on any atom is -0.0622 e. The van der Waals surface area contributed by atoms with Gasteiger partial charge in [0.05, 0.1) is 0 Å². The molecule has 0 fully saturated rings. The van der Waals surface area contributed by atoms with E-state index < -0.39 is 0 Å². The van der Waals surface area contributed by atoms with Crippen molar-refractivity contribution in [2.24, 2.45) is 0 Å². The zero-order chi connectivity index (χ0) is 8.23. The van der Waals surface area contributed by atoms with Crippen LogP contribution < -0.4 is 37.7 Å². The van der Waals surface area contributed by atoms with Gasteiger partial charge in [0.2, 0.25) is 0 Å². The molecule has 0 aliphatic heterocycles. The Bertz CT molecular complexity index is 306. The normalized spacial score (nSPS) is 8.29. The molecule has 0 radical (unpaired) electrons. The summed E-state index contributed by atoms with van der Waals surface area (Å²) in [6, 6.07) is 20.8. The van der Waals surface area contributed by atoms with Gasteiger partial charge >= 0.3 is 37.7 Å². The molecule has 2 aromatic carbocycles. The largest absolute Gasteiger partial charge is 1.00 e. The molecule has 0 amide bonds. The number of hydrogen-bond donors (Lipinski definition) is 0. The van der Waals surface area contributed by atoms with Crippen LogP contribution in [0.5, 0.6) is 0 Å². The van der Waals surface area contributed by atoms with E-state index in [0.29, 0.717) is 0 Å². The third-order valence-corrected chi connectivity index (χ3v) is 1.88. The van der Waals surface area contributed by atoms with Crippen molar-refractivity contribution in [3.05, 3.63) is 60.7 Å². The SMILES string of the molecule is [Li+].[Li+].c1ccc(-c2ccccc2)cc1. The van der Waals surface area contributed by atoms with Crippen molar-refractivity contribution >= 4 is 0 Å². The molecule has 0 aliphatic carbocycles. The van der Waals surface area contributed by atoms with Crippen molar-refractivity contribution in [1.82, 2.24) is 0 Å². The van der Waals surface area contributed by atoms with Gasteiger partial charge in [-0.3, -0.25) is 0 Å². The average Bonchev–Trinajstić information content (AvgIpc) is 2.21. The third kappa shape index (κ3) is 3.41. The topological polar surface area (TPSA) is 0 Å². The molecule has 0 saturated carbocycles. The van der Waals surface area contributed by atoms with E-state index in [1.54, 1.807) is 0 Å². The summed E-state index contributed by atoms with van der Waals surface area (Å²) in [5, 5.41) is 0. The Morgan fingerprint density at radius 1 is 0.429 bits per heavy atom. The molecule has 0 aromatic heterocycles. The minimum atomic E-state index is 0. The van der Waals surface area contributed by atoms with Crippen LogP contribution in [0.15, 0.2) is 60.7 Å². The first-order valence-electron chi connectivity index (χ1n) is 4.07. The summed E-state index contributed by atoms with van der Waals surface area (Å²) >= 11 is 0. The Balaban J connectivity index is 0.000000845. The van der Waals surface area contributed by atoms with Crippen LogP contribution in [-0.4, -0.2) is 0 Å². The Kier molecular flexibility index (Phi) is 6.81. The van der Waals surface area contributed by atoms with Crippen molar-refractivity contribution in [3.63, 3.8) is 0 Å². The van der Waals surface area contributed by atoms with Crippen molar-refractivity contribution in [2.75, 3.05) is 0 Å². The van der Waals surface area contributed by atoms with Gasteiger partial charge in [0.15, 0.2) is 0 Å². The second kappa shape index (κ2) is 7.00. The number of rotatable bonds is 1. The molecule has 0 saturated heterocycles. The van der Waals surface area contributed by atoms with Gasteiger partial charge in [0, 0.05) is 0 Å². The van der Waals surface area contributed by atoms with Crippen LogP contribution in [-0.2, 0) is 0 Å². The molecule has 0 nitrogen and oxygen atoms in total. The molecule has 0 unspecified atom stereocenters. The van der Waals surface area contributed by atoms with Crippen molar-refractivity contribution in [2.45, 2.75) is 0 Å². The predicted molar refractivity (Wildman–Crippen MR) is 51.9 cm³/mol. The van der Waals surface area contributed by atoms with Gasteiger partial charge in [-0.05, 0) is 11.1 Å². The summed E-state index contributed by atoms with van der Waals surface area (Å²) in [5.74, 6) is 0. The second-order valence-electron chi connectivity index (χ2n) is 2.73. The van der Waals surface area contributed by atoms with Crippen molar-refractivity contribution < 1.29 is 37.7 Å². The van der Waals surface area contributed by atoms with Gasteiger partial charge < -0.3 is 0 Å². The van der Waals surface area contributed by atoms with Gasteiger partial charge in [-0.2, -0.15) is 0 Å². The molecule has 2 rings (SSSR count). The number of benzene rings is 2. The van der Waals surface area contributed by atoms with Crippen molar-refractivity contribution in [1.29, 1.82) is 0 Å². The molecule has 0 atom stereocenters. The third-order valence-electron chi connectivity index (χ3n) is 1.88. The summed E-state index contributed by atoms with van der Waals surface area (Å²) in [4.78, 5) is 0. The van der Waals surface area contributed by atoms with E-state index in [2.05, 4.69) is 48.5 Å². The maximum atomic E-state index is 2.12. The Hall–Kier alpha value is -0.365. The van der Waals surface area contributed by atoms with E-state index in [9.17, 15) is 0 Å². The molecule has 58 valence electrons. The fraction of sp³-hybridized carbons (Fsp3) is 0. The van der Waals surface area contributed by atoms with Crippen LogP contribution in [0.4, 0.5) is 0 Å². The molecule has 14 heavy (non-hydrogen) atoms. The first kappa shape index (κ1) is 13.6. The van der Waals surface area contributed by atoms with E-state index in [1.807, 2.05) is 12.1 Å². The van der Waals surface area contributed by atoms with E-state index in [-0.39, 0.29) is 37.7 Å². The van der Waals surface area contributed by atoms with E-state index >= 15 is 0 Å². The fourth-order valence-corrected chi connectivity index (χ4v) is 1.26. The Morgan fingerprint density at radius 2 is 0.714 bits per heavy atom. The van der Waals surface area contributed by atoms with Crippen LogP contribution in [0.3, 0.4) is 0 Å². The second-order valence-corrected chi connectivity index (χ2v) is 2.73. The monoisotopic (exact) mass is 168 g/mol. The van der Waals surface area contributed by atoms with Gasteiger partial charge in [-0.25, -0.2) is 0 Å². The van der Waals surface area contributed by atoms with Crippen LogP contribution in [0.1, 0.15) is 0 Å². The van der Waals surface area contributed by atoms with Gasteiger partial charge in [0.1, 0.15) is 0 Å². The van der Waals surface area contributed by atoms with E-state index in [0.717, 1.165) is 0 Å². The average molecular weight is 168 g/mol. The summed E-state index contributed by atoms with van der Waals surface area (Å²) in [6.45, 7) is 0. The quantitative estimate of drug-likeness (QED) is 0.408. The minimum absolute atomic E-state index is 0. The van der Waals surface area contributed by atoms with Gasteiger partial charge in [-0.1, -0.05) is 60.7 Å². The molecule has 0 heterocycles. The van der Waals surface area contributed by atoms with Crippen LogP contribution in [0.25, 0.3) is 11.1 Å². The zero-order valence-electron chi connectivity index (χ0n) is 8.77. The predicted octanol–water partition coefficient (Wildman–Crippen LogP) is -2.64. The van der Waals surface area contributed by atoms with Crippen molar-refractivity contribution in [3.8, 4) is 11.1 Å². The molecular weight excluding hydrogens is 158 g/mol. The molecule has 0 aliphatic rings. The maximum absolute atomic E-state index is 2.12. The van der Waals surface area contributed by atoms with Crippen LogP contribution in [0, 0.1) is 0 Å². The Labute approximate surface area is 109 Å². The zero-order valence-corrected chi connectivity index (χ0v) is 8.77. The number of hydrogen-bond acceptors (Lipinski definition) is 0. The fourth-order valence-electron chi connectivity index (χ4n) is 1.26. The first-order chi connectivity index (χ1) is 5.97. The molecule has 2 aromatic rings. The summed E-state index contributed by atoms with van der Waals surface area (Å²) < 4.78 is 0. The standard InChI is InChI=1S/C12H10.2Li/c1-3-7-11(8-4-1)12-9-5-2-6-10-12;;/h1-10H;;/q;2*+1. The van der Waals surface area contributed by atoms with E-state index in [4.69, 9.17) is 0 Å². The van der Waals surface area contributed by atoms with Gasteiger partial charge in [0.25, 0.3) is 0 Å². The summed E-state index contributed by atoms with van der Waals surface area (Å²) in [5.41, 5.74) is 2.55. The summed E-state index contributed by atoms with van der Waals surface area (Å²) in [7, 11) is 0. The van der Waals surface area contributed by atoms with Crippen LogP contribution >= 0.6 is 0 Å². The van der Waals surface area contributed by atoms with E-state index in [1.165, 1.54) is 11.1 Å². The molecule has 0 N–H and O–H groups in total. The first-order valence-corrected chi connectivity index (χ1v) is 4.07. The van der Waals surface area contributed by atoms with Crippen LogP contribution in [0.2, 0.25) is 0 Å². The molecular formula is C12H10Li2+2. The molecule has 0 spiro atoms. The smallest absolute Gasteiger partial charge is 0.0622 e. The molecule has 0 bridgehead atoms. The Morgan fingerprint density at radius 3 is 1.00 bits per heavy atom. The molecule has 2 heteroatoms. The summed E-state index contributed by atoms with van der Waals surface area (Å²) in [6.07, 6.45) is 0.